The van der Waals surface area contributed by atoms with E-state index in [4.69, 9.17) is 9.15 Å². The number of para-hydroxylation sites is 2. The summed E-state index contributed by atoms with van der Waals surface area (Å²) in [5.41, 5.74) is 2.29. The topological polar surface area (TPSA) is 99.2 Å². The maximum absolute atomic E-state index is 12.9. The third-order valence-corrected chi connectivity index (χ3v) is 4.70. The quantitative estimate of drug-likeness (QED) is 0.530. The van der Waals surface area contributed by atoms with Gasteiger partial charge in [0.15, 0.2) is 11.5 Å². The Bertz CT molecular complexity index is 1230. The number of ether oxygens (including phenoxy) is 1. The third kappa shape index (κ3) is 3.80. The number of aromatic nitrogens is 3. The number of pyridine rings is 2. The fourth-order valence-electron chi connectivity index (χ4n) is 3.14. The van der Waals surface area contributed by atoms with Crippen molar-refractivity contribution in [2.75, 3.05) is 13.7 Å². The summed E-state index contributed by atoms with van der Waals surface area (Å²) in [4.78, 5) is 34.2. The number of oxazole rings is 1. The Morgan fingerprint density at radius 1 is 1.20 bits per heavy atom. The molecule has 152 valence electrons. The van der Waals surface area contributed by atoms with E-state index in [-0.39, 0.29) is 5.56 Å². The van der Waals surface area contributed by atoms with Crippen molar-refractivity contribution < 1.29 is 13.9 Å². The van der Waals surface area contributed by atoms with E-state index >= 15 is 0 Å². The minimum absolute atomic E-state index is 0.0888. The zero-order chi connectivity index (χ0) is 21.1. The number of nitrogens with zero attached hydrogens (tertiary/aromatic N) is 3. The lowest BCUT2D eigenvalue weighted by Crippen LogP contribution is -2.34. The van der Waals surface area contributed by atoms with Crippen LogP contribution in [0.25, 0.3) is 16.8 Å². The Morgan fingerprint density at radius 3 is 2.77 bits per heavy atom. The van der Waals surface area contributed by atoms with Gasteiger partial charge in [-0.05, 0) is 36.8 Å². The van der Waals surface area contributed by atoms with Crippen molar-refractivity contribution in [2.45, 2.75) is 13.3 Å². The fourth-order valence-corrected chi connectivity index (χ4v) is 3.14. The van der Waals surface area contributed by atoms with Crippen molar-refractivity contribution in [3.05, 3.63) is 82.2 Å². The Balaban J connectivity index is 1.50. The molecule has 0 atom stereocenters. The summed E-state index contributed by atoms with van der Waals surface area (Å²) in [5.74, 6) is 0.531. The van der Waals surface area contributed by atoms with Crippen LogP contribution in [0.4, 0.5) is 0 Å². The minimum Gasteiger partial charge on any atom is -0.481 e. The molecule has 1 N–H and O–H groups in total. The Hall–Kier alpha value is -3.94. The maximum atomic E-state index is 12.9. The predicted molar refractivity (Wildman–Crippen MR) is 111 cm³/mol. The van der Waals surface area contributed by atoms with Crippen molar-refractivity contribution in [3.8, 4) is 11.6 Å². The van der Waals surface area contributed by atoms with Crippen LogP contribution in [0.2, 0.25) is 0 Å². The number of carbonyl (C=O) groups is 1. The van der Waals surface area contributed by atoms with E-state index in [0.29, 0.717) is 41.6 Å². The highest BCUT2D eigenvalue weighted by Gasteiger charge is 2.17. The molecule has 3 heterocycles. The molecular weight excluding hydrogens is 384 g/mol. The molecule has 0 fully saturated rings. The molecule has 0 radical (unpaired) electrons. The molecule has 0 aliphatic rings. The van der Waals surface area contributed by atoms with Crippen LogP contribution >= 0.6 is 0 Å². The van der Waals surface area contributed by atoms with Crippen molar-refractivity contribution in [3.63, 3.8) is 0 Å². The average Bonchev–Trinajstić information content (AvgIpc) is 3.17. The molecule has 0 bridgehead atoms. The van der Waals surface area contributed by atoms with Gasteiger partial charge in [0, 0.05) is 25.2 Å². The van der Waals surface area contributed by atoms with E-state index in [1.807, 2.05) is 24.3 Å². The second-order valence-electron chi connectivity index (χ2n) is 6.69. The molecule has 0 aliphatic carbocycles. The molecular formula is C22H20N4O4. The molecule has 0 saturated heterocycles. The normalized spacial score (nSPS) is 10.9. The van der Waals surface area contributed by atoms with Gasteiger partial charge in [-0.1, -0.05) is 12.1 Å². The molecule has 0 spiro atoms. The lowest BCUT2D eigenvalue weighted by molar-refractivity contribution is 0.0951. The van der Waals surface area contributed by atoms with Crippen LogP contribution in [0, 0.1) is 6.92 Å². The highest BCUT2D eigenvalue weighted by molar-refractivity contribution is 5.95. The van der Waals surface area contributed by atoms with Crippen molar-refractivity contribution in [1.82, 2.24) is 19.9 Å². The molecule has 0 unspecified atom stereocenters. The first-order chi connectivity index (χ1) is 14.6. The zero-order valence-electron chi connectivity index (χ0n) is 16.6. The number of nitrogens with one attached hydrogen (secondary N) is 1. The summed E-state index contributed by atoms with van der Waals surface area (Å²) in [5, 5.41) is 2.78. The number of amides is 1. The largest absolute Gasteiger partial charge is 0.481 e. The number of aryl methyl sites for hydroxylation is 1. The predicted octanol–water partition coefficient (Wildman–Crippen LogP) is 2.66. The van der Waals surface area contributed by atoms with Gasteiger partial charge in [0.1, 0.15) is 11.1 Å². The van der Waals surface area contributed by atoms with Gasteiger partial charge >= 0.3 is 0 Å². The van der Waals surface area contributed by atoms with Crippen LogP contribution in [0.5, 0.6) is 5.88 Å². The Kier molecular flexibility index (Phi) is 5.30. The average molecular weight is 404 g/mol. The van der Waals surface area contributed by atoms with E-state index in [0.717, 1.165) is 5.52 Å². The van der Waals surface area contributed by atoms with Crippen LogP contribution < -0.4 is 15.6 Å². The fraction of sp³-hybridized carbons (Fsp3) is 0.182. The summed E-state index contributed by atoms with van der Waals surface area (Å²) in [6.45, 7) is 2.03. The van der Waals surface area contributed by atoms with Gasteiger partial charge in [0.25, 0.3) is 11.5 Å². The van der Waals surface area contributed by atoms with Crippen LogP contribution in [0.15, 0.2) is 64.1 Å². The molecule has 4 aromatic rings. The molecule has 8 heteroatoms. The van der Waals surface area contributed by atoms with E-state index in [9.17, 15) is 9.59 Å². The Morgan fingerprint density at radius 2 is 2.03 bits per heavy atom. The Labute approximate surface area is 172 Å². The third-order valence-electron chi connectivity index (χ3n) is 4.70. The highest BCUT2D eigenvalue weighted by atomic mass is 16.5. The molecule has 8 nitrogen and oxygen atoms in total. The SMILES string of the molecule is COc1ccc(-n2ccc(C)c(C(=O)NCCc3nc4ccccc4o3)c2=O)cn1. The van der Waals surface area contributed by atoms with Gasteiger partial charge in [-0.2, -0.15) is 0 Å². The minimum atomic E-state index is -0.440. The number of carbonyl (C=O) groups excluding carboxylic acids is 1. The number of rotatable bonds is 6. The van der Waals surface area contributed by atoms with E-state index < -0.39 is 11.5 Å². The second kappa shape index (κ2) is 8.20. The van der Waals surface area contributed by atoms with Gasteiger partial charge in [0.2, 0.25) is 5.88 Å². The van der Waals surface area contributed by atoms with E-state index in [1.165, 1.54) is 17.9 Å². The first kappa shape index (κ1) is 19.4. The first-order valence-corrected chi connectivity index (χ1v) is 9.42. The van der Waals surface area contributed by atoms with Crippen molar-refractivity contribution in [2.24, 2.45) is 0 Å². The lowest BCUT2D eigenvalue weighted by Gasteiger charge is -2.11. The summed E-state index contributed by atoms with van der Waals surface area (Å²) >= 11 is 0. The second-order valence-corrected chi connectivity index (χ2v) is 6.69. The van der Waals surface area contributed by atoms with Crippen LogP contribution in [0.3, 0.4) is 0 Å². The van der Waals surface area contributed by atoms with Gasteiger partial charge in [-0.25, -0.2) is 9.97 Å². The lowest BCUT2D eigenvalue weighted by atomic mass is 10.1. The molecule has 0 saturated carbocycles. The molecule has 1 amide bonds. The summed E-state index contributed by atoms with van der Waals surface area (Å²) in [6, 6.07) is 12.6. The van der Waals surface area contributed by atoms with Crippen LogP contribution in [0.1, 0.15) is 21.8 Å². The summed E-state index contributed by atoms with van der Waals surface area (Å²) < 4.78 is 12.1. The number of benzene rings is 1. The maximum Gasteiger partial charge on any atom is 0.268 e. The number of hydrogen-bond acceptors (Lipinski definition) is 6. The molecule has 3 aromatic heterocycles. The first-order valence-electron chi connectivity index (χ1n) is 9.42. The molecule has 4 rings (SSSR count). The van der Waals surface area contributed by atoms with Crippen molar-refractivity contribution >= 4 is 17.0 Å². The summed E-state index contributed by atoms with van der Waals surface area (Å²) in [6.07, 6.45) is 3.56. The van der Waals surface area contributed by atoms with Gasteiger partial charge in [-0.3, -0.25) is 14.2 Å². The van der Waals surface area contributed by atoms with E-state index in [1.54, 1.807) is 31.3 Å². The van der Waals surface area contributed by atoms with Crippen molar-refractivity contribution in [1.29, 1.82) is 0 Å². The zero-order valence-corrected chi connectivity index (χ0v) is 16.6. The van der Waals surface area contributed by atoms with Gasteiger partial charge < -0.3 is 14.5 Å². The highest BCUT2D eigenvalue weighted by Crippen LogP contribution is 2.15. The van der Waals surface area contributed by atoms with Gasteiger partial charge in [-0.15, -0.1) is 0 Å². The summed E-state index contributed by atoms with van der Waals surface area (Å²) in [7, 11) is 1.52. The molecule has 30 heavy (non-hydrogen) atoms. The smallest absolute Gasteiger partial charge is 0.268 e. The molecule has 1 aromatic carbocycles. The number of fused-ring (bicyclic) bond motifs is 1. The monoisotopic (exact) mass is 404 g/mol. The van der Waals surface area contributed by atoms with Crippen LogP contribution in [-0.4, -0.2) is 34.1 Å². The standard InChI is InChI=1S/C22H20N4O4/c1-14-10-12-26(15-7-8-18(29-2)24-13-15)22(28)20(14)21(27)23-11-9-19-25-16-5-3-4-6-17(16)30-19/h3-8,10,12-13H,9,11H2,1-2H3,(H,23,27). The van der Waals surface area contributed by atoms with E-state index in [2.05, 4.69) is 15.3 Å². The van der Waals surface area contributed by atoms with Gasteiger partial charge in [0.05, 0.1) is 19.0 Å². The number of hydrogen-bond donors (Lipinski definition) is 1. The van der Waals surface area contributed by atoms with Crippen LogP contribution in [-0.2, 0) is 6.42 Å². The molecule has 0 aliphatic heterocycles. The number of methoxy groups -OCH3 is 1.